The van der Waals surface area contributed by atoms with Crippen molar-refractivity contribution in [3.05, 3.63) is 59.7 Å². The minimum atomic E-state index is -4.16. The molecular formula is C15H13F3N2. The molecule has 0 saturated heterocycles. The first-order chi connectivity index (χ1) is 9.53. The Morgan fingerprint density at radius 3 is 2.45 bits per heavy atom. The Labute approximate surface area is 115 Å². The third-order valence-corrected chi connectivity index (χ3v) is 2.62. The lowest BCUT2D eigenvalue weighted by molar-refractivity contribution is -0.134. The maximum absolute atomic E-state index is 12.2. The monoisotopic (exact) mass is 278 g/mol. The van der Waals surface area contributed by atoms with Crippen LogP contribution in [0.4, 0.5) is 13.2 Å². The molecule has 2 rings (SSSR count). The van der Waals surface area contributed by atoms with Crippen LogP contribution in [-0.4, -0.2) is 16.1 Å². The molecular weight excluding hydrogens is 265 g/mol. The van der Waals surface area contributed by atoms with Crippen LogP contribution >= 0.6 is 0 Å². The topological polar surface area (TPSA) is 25.8 Å². The number of hydrogen-bond acceptors (Lipinski definition) is 2. The fourth-order valence-electron chi connectivity index (χ4n) is 1.64. The van der Waals surface area contributed by atoms with E-state index in [1.807, 2.05) is 36.4 Å². The molecule has 20 heavy (non-hydrogen) atoms. The van der Waals surface area contributed by atoms with Gasteiger partial charge in [0.1, 0.15) is 0 Å². The Balaban J connectivity index is 2.04. The highest BCUT2D eigenvalue weighted by molar-refractivity contribution is 5.66. The first-order valence-electron chi connectivity index (χ1n) is 6.15. The molecule has 0 saturated carbocycles. The zero-order chi connectivity index (χ0) is 14.4. The van der Waals surface area contributed by atoms with E-state index in [1.165, 1.54) is 12.3 Å². The van der Waals surface area contributed by atoms with Crippen molar-refractivity contribution in [2.75, 3.05) is 0 Å². The number of hydrogen-bond donors (Lipinski definition) is 0. The molecule has 2 aromatic rings. The first kappa shape index (κ1) is 14.2. The largest absolute Gasteiger partial charge is 0.389 e. The maximum atomic E-state index is 12.2. The molecule has 1 heterocycles. The first-order valence-corrected chi connectivity index (χ1v) is 6.15. The SMILES string of the molecule is FC(F)(F)CCc1ccnc(C=Cc2ccccc2)n1. The Morgan fingerprint density at radius 2 is 1.75 bits per heavy atom. The van der Waals surface area contributed by atoms with Gasteiger partial charge in [-0.3, -0.25) is 0 Å². The third kappa shape index (κ3) is 4.84. The highest BCUT2D eigenvalue weighted by Crippen LogP contribution is 2.21. The highest BCUT2D eigenvalue weighted by Gasteiger charge is 2.26. The van der Waals surface area contributed by atoms with Gasteiger partial charge in [0.2, 0.25) is 0 Å². The molecule has 0 amide bonds. The standard InChI is InChI=1S/C15H13F3N2/c16-15(17,18)10-8-13-9-11-19-14(20-13)7-6-12-4-2-1-3-5-12/h1-7,9,11H,8,10H2. The summed E-state index contributed by atoms with van der Waals surface area (Å²) in [5.41, 5.74) is 1.38. The van der Waals surface area contributed by atoms with Crippen LogP contribution in [0.2, 0.25) is 0 Å². The number of aromatic nitrogens is 2. The van der Waals surface area contributed by atoms with Crippen molar-refractivity contribution in [2.24, 2.45) is 0 Å². The molecule has 0 aliphatic rings. The van der Waals surface area contributed by atoms with Crippen LogP contribution in [0, 0.1) is 0 Å². The Kier molecular flexibility index (Phi) is 4.50. The Hall–Kier alpha value is -2.17. The van der Waals surface area contributed by atoms with Gasteiger partial charge in [-0.1, -0.05) is 36.4 Å². The smallest absolute Gasteiger partial charge is 0.237 e. The summed E-state index contributed by atoms with van der Waals surface area (Å²) in [6.45, 7) is 0. The van der Waals surface area contributed by atoms with Crippen molar-refractivity contribution in [2.45, 2.75) is 19.0 Å². The van der Waals surface area contributed by atoms with Gasteiger partial charge in [0.25, 0.3) is 0 Å². The Morgan fingerprint density at radius 1 is 1.00 bits per heavy atom. The van der Waals surface area contributed by atoms with Crippen LogP contribution in [0.5, 0.6) is 0 Å². The summed E-state index contributed by atoms with van der Waals surface area (Å²) in [7, 11) is 0. The van der Waals surface area contributed by atoms with E-state index in [1.54, 1.807) is 6.08 Å². The summed E-state index contributed by atoms with van der Waals surface area (Å²) in [5.74, 6) is 0.411. The van der Waals surface area contributed by atoms with Gasteiger partial charge in [0.15, 0.2) is 5.82 Å². The molecule has 1 aromatic carbocycles. The van der Waals surface area contributed by atoms with Gasteiger partial charge < -0.3 is 0 Å². The van der Waals surface area contributed by atoms with Gasteiger partial charge in [-0.2, -0.15) is 13.2 Å². The molecule has 0 unspecified atom stereocenters. The van der Waals surface area contributed by atoms with E-state index in [0.717, 1.165) is 5.56 Å². The lowest BCUT2D eigenvalue weighted by atomic mass is 10.2. The van der Waals surface area contributed by atoms with E-state index in [9.17, 15) is 13.2 Å². The summed E-state index contributed by atoms with van der Waals surface area (Å²) in [4.78, 5) is 8.11. The van der Waals surface area contributed by atoms with Gasteiger partial charge in [-0.05, 0) is 24.1 Å². The fourth-order valence-corrected chi connectivity index (χ4v) is 1.64. The average molecular weight is 278 g/mol. The second-order valence-corrected chi connectivity index (χ2v) is 4.27. The van der Waals surface area contributed by atoms with Gasteiger partial charge >= 0.3 is 6.18 Å². The predicted octanol–water partition coefficient (Wildman–Crippen LogP) is 4.14. The lowest BCUT2D eigenvalue weighted by Crippen LogP contribution is -2.09. The molecule has 0 atom stereocenters. The van der Waals surface area contributed by atoms with E-state index in [-0.39, 0.29) is 6.42 Å². The highest BCUT2D eigenvalue weighted by atomic mass is 19.4. The molecule has 0 spiro atoms. The number of nitrogens with zero attached hydrogens (tertiary/aromatic N) is 2. The van der Waals surface area contributed by atoms with Gasteiger partial charge in [-0.25, -0.2) is 9.97 Å². The second kappa shape index (κ2) is 6.32. The molecule has 0 aliphatic heterocycles. The Bertz CT molecular complexity index is 577. The third-order valence-electron chi connectivity index (χ3n) is 2.62. The molecule has 0 bridgehead atoms. The summed E-state index contributed by atoms with van der Waals surface area (Å²) < 4.78 is 36.5. The number of aryl methyl sites for hydroxylation is 1. The van der Waals surface area contributed by atoms with E-state index in [0.29, 0.717) is 11.5 Å². The van der Waals surface area contributed by atoms with Gasteiger partial charge in [0.05, 0.1) is 0 Å². The molecule has 0 aliphatic carbocycles. The zero-order valence-corrected chi connectivity index (χ0v) is 10.6. The molecule has 5 heteroatoms. The van der Waals surface area contributed by atoms with E-state index in [2.05, 4.69) is 9.97 Å². The molecule has 0 fully saturated rings. The van der Waals surface area contributed by atoms with E-state index >= 15 is 0 Å². The number of rotatable bonds is 4. The average Bonchev–Trinajstić information content (AvgIpc) is 2.44. The van der Waals surface area contributed by atoms with Crippen molar-refractivity contribution < 1.29 is 13.2 Å². The maximum Gasteiger partial charge on any atom is 0.389 e. The molecule has 104 valence electrons. The van der Waals surface area contributed by atoms with Gasteiger partial charge in [0, 0.05) is 18.3 Å². The van der Waals surface area contributed by atoms with Crippen LogP contribution in [-0.2, 0) is 6.42 Å². The van der Waals surface area contributed by atoms with E-state index < -0.39 is 12.6 Å². The lowest BCUT2D eigenvalue weighted by Gasteiger charge is -2.05. The van der Waals surface area contributed by atoms with Crippen molar-refractivity contribution in [1.29, 1.82) is 0 Å². The van der Waals surface area contributed by atoms with Crippen molar-refractivity contribution >= 4 is 12.2 Å². The van der Waals surface area contributed by atoms with Crippen LogP contribution in [0.1, 0.15) is 23.5 Å². The normalized spacial score (nSPS) is 11.9. The van der Waals surface area contributed by atoms with Crippen LogP contribution in [0.3, 0.4) is 0 Å². The van der Waals surface area contributed by atoms with E-state index in [4.69, 9.17) is 0 Å². The van der Waals surface area contributed by atoms with Crippen LogP contribution in [0.25, 0.3) is 12.2 Å². The molecule has 2 nitrogen and oxygen atoms in total. The zero-order valence-electron chi connectivity index (χ0n) is 10.6. The summed E-state index contributed by atoms with van der Waals surface area (Å²) >= 11 is 0. The number of benzene rings is 1. The number of alkyl halides is 3. The predicted molar refractivity (Wildman–Crippen MR) is 71.8 cm³/mol. The fraction of sp³-hybridized carbons (Fsp3) is 0.200. The van der Waals surface area contributed by atoms with Gasteiger partial charge in [-0.15, -0.1) is 0 Å². The minimum absolute atomic E-state index is 0.127. The minimum Gasteiger partial charge on any atom is -0.237 e. The second-order valence-electron chi connectivity index (χ2n) is 4.27. The molecule has 0 N–H and O–H groups in total. The van der Waals surface area contributed by atoms with Crippen molar-refractivity contribution in [3.8, 4) is 0 Å². The molecule has 1 aromatic heterocycles. The van der Waals surface area contributed by atoms with Crippen molar-refractivity contribution in [1.82, 2.24) is 9.97 Å². The van der Waals surface area contributed by atoms with Crippen LogP contribution < -0.4 is 0 Å². The molecule has 0 radical (unpaired) electrons. The number of halogens is 3. The van der Waals surface area contributed by atoms with Crippen molar-refractivity contribution in [3.63, 3.8) is 0 Å². The summed E-state index contributed by atoms with van der Waals surface area (Å²) in [6, 6.07) is 11.1. The summed E-state index contributed by atoms with van der Waals surface area (Å²) in [6.07, 6.45) is -0.173. The quantitative estimate of drug-likeness (QED) is 0.840. The summed E-state index contributed by atoms with van der Waals surface area (Å²) in [5, 5.41) is 0. The van der Waals surface area contributed by atoms with Crippen LogP contribution in [0.15, 0.2) is 42.6 Å².